The molecule has 0 saturated heterocycles. The van der Waals surface area contributed by atoms with E-state index in [1.54, 1.807) is 19.2 Å². The fourth-order valence-corrected chi connectivity index (χ4v) is 2.81. The average Bonchev–Trinajstić information content (AvgIpc) is 2.46. The van der Waals surface area contributed by atoms with Gasteiger partial charge in [0.15, 0.2) is 0 Å². The SMILES string of the molecule is COCC(C)CNS(=O)(=O)c1ccc(OCCCO)cc1. The van der Waals surface area contributed by atoms with Crippen molar-refractivity contribution in [2.45, 2.75) is 18.2 Å². The highest BCUT2D eigenvalue weighted by Gasteiger charge is 2.15. The smallest absolute Gasteiger partial charge is 0.240 e. The lowest BCUT2D eigenvalue weighted by Crippen LogP contribution is -2.30. The monoisotopic (exact) mass is 317 g/mol. The molecule has 0 radical (unpaired) electrons. The Morgan fingerprint density at radius 2 is 1.95 bits per heavy atom. The molecule has 7 heteroatoms. The lowest BCUT2D eigenvalue weighted by atomic mass is 10.2. The van der Waals surface area contributed by atoms with Crippen LogP contribution in [-0.4, -0.2) is 47.0 Å². The largest absolute Gasteiger partial charge is 0.494 e. The Morgan fingerprint density at radius 1 is 1.29 bits per heavy atom. The first-order valence-corrected chi connectivity index (χ1v) is 8.30. The van der Waals surface area contributed by atoms with E-state index in [4.69, 9.17) is 14.6 Å². The van der Waals surface area contributed by atoms with Crippen LogP contribution in [0.25, 0.3) is 0 Å². The molecular formula is C14H23NO5S. The Hall–Kier alpha value is -1.15. The van der Waals surface area contributed by atoms with Gasteiger partial charge in [0.25, 0.3) is 0 Å². The van der Waals surface area contributed by atoms with Gasteiger partial charge in [-0.1, -0.05) is 6.92 Å². The van der Waals surface area contributed by atoms with Gasteiger partial charge < -0.3 is 14.6 Å². The predicted molar refractivity (Wildman–Crippen MR) is 79.9 cm³/mol. The Kier molecular flexibility index (Phi) is 7.66. The maximum absolute atomic E-state index is 12.1. The van der Waals surface area contributed by atoms with Crippen molar-refractivity contribution in [1.29, 1.82) is 0 Å². The van der Waals surface area contributed by atoms with E-state index in [0.29, 0.717) is 31.9 Å². The van der Waals surface area contributed by atoms with E-state index in [2.05, 4.69) is 4.72 Å². The van der Waals surface area contributed by atoms with E-state index in [-0.39, 0.29) is 17.4 Å². The average molecular weight is 317 g/mol. The first-order valence-electron chi connectivity index (χ1n) is 6.82. The molecule has 0 aliphatic heterocycles. The van der Waals surface area contributed by atoms with E-state index in [1.165, 1.54) is 12.1 Å². The Morgan fingerprint density at radius 3 is 2.52 bits per heavy atom. The highest BCUT2D eigenvalue weighted by molar-refractivity contribution is 7.89. The number of hydrogen-bond acceptors (Lipinski definition) is 5. The Balaban J connectivity index is 2.58. The van der Waals surface area contributed by atoms with E-state index in [9.17, 15) is 8.42 Å². The van der Waals surface area contributed by atoms with Gasteiger partial charge in [-0.2, -0.15) is 0 Å². The van der Waals surface area contributed by atoms with Crippen LogP contribution in [0.1, 0.15) is 13.3 Å². The number of methoxy groups -OCH3 is 1. The van der Waals surface area contributed by atoms with Crippen LogP contribution in [0.4, 0.5) is 0 Å². The van der Waals surface area contributed by atoms with Crippen molar-refractivity contribution in [3.63, 3.8) is 0 Å². The second-order valence-electron chi connectivity index (χ2n) is 4.81. The highest BCUT2D eigenvalue weighted by atomic mass is 32.2. The van der Waals surface area contributed by atoms with Crippen molar-refractivity contribution in [3.8, 4) is 5.75 Å². The van der Waals surface area contributed by atoms with Gasteiger partial charge in [-0.3, -0.25) is 0 Å². The number of sulfonamides is 1. The minimum Gasteiger partial charge on any atom is -0.494 e. The van der Waals surface area contributed by atoms with Crippen LogP contribution in [0, 0.1) is 5.92 Å². The number of aliphatic hydroxyl groups is 1. The lowest BCUT2D eigenvalue weighted by Gasteiger charge is -2.12. The minimum atomic E-state index is -3.52. The molecule has 6 nitrogen and oxygen atoms in total. The maximum atomic E-state index is 12.1. The normalized spacial score (nSPS) is 13.1. The summed E-state index contributed by atoms with van der Waals surface area (Å²) in [5.74, 6) is 0.681. The highest BCUT2D eigenvalue weighted by Crippen LogP contribution is 2.16. The summed E-state index contributed by atoms with van der Waals surface area (Å²) in [5, 5.41) is 8.66. The molecule has 1 rings (SSSR count). The van der Waals surface area contributed by atoms with Gasteiger partial charge in [0, 0.05) is 33.3 Å². The van der Waals surface area contributed by atoms with Gasteiger partial charge in [0.2, 0.25) is 10.0 Å². The third-order valence-electron chi connectivity index (χ3n) is 2.78. The second-order valence-corrected chi connectivity index (χ2v) is 6.58. The summed E-state index contributed by atoms with van der Waals surface area (Å²) in [7, 11) is -1.93. The molecule has 0 fully saturated rings. The van der Waals surface area contributed by atoms with E-state index in [1.807, 2.05) is 6.92 Å². The van der Waals surface area contributed by atoms with Crippen molar-refractivity contribution in [2.24, 2.45) is 5.92 Å². The summed E-state index contributed by atoms with van der Waals surface area (Å²) >= 11 is 0. The topological polar surface area (TPSA) is 84.9 Å². The molecule has 0 saturated carbocycles. The molecule has 1 atom stereocenters. The van der Waals surface area contributed by atoms with Gasteiger partial charge in [0.1, 0.15) is 5.75 Å². The first-order chi connectivity index (χ1) is 9.99. The van der Waals surface area contributed by atoms with Crippen LogP contribution < -0.4 is 9.46 Å². The van der Waals surface area contributed by atoms with Crippen LogP contribution in [0.5, 0.6) is 5.75 Å². The summed E-state index contributed by atoms with van der Waals surface area (Å²) in [6, 6.07) is 6.20. The zero-order valence-electron chi connectivity index (χ0n) is 12.4. The van der Waals surface area contributed by atoms with Crippen LogP contribution in [-0.2, 0) is 14.8 Å². The van der Waals surface area contributed by atoms with Gasteiger partial charge in [-0.25, -0.2) is 13.1 Å². The molecule has 1 aromatic rings. The molecule has 1 aromatic carbocycles. The number of aliphatic hydroxyl groups excluding tert-OH is 1. The summed E-state index contributed by atoms with van der Waals surface area (Å²) in [4.78, 5) is 0.196. The van der Waals surface area contributed by atoms with Crippen LogP contribution in [0.2, 0.25) is 0 Å². The standard InChI is InChI=1S/C14H23NO5S/c1-12(11-19-2)10-15-21(17,18)14-6-4-13(5-7-14)20-9-3-8-16/h4-7,12,15-16H,3,8-11H2,1-2H3. The maximum Gasteiger partial charge on any atom is 0.240 e. The summed E-state index contributed by atoms with van der Waals surface area (Å²) in [5.41, 5.74) is 0. The molecule has 0 amide bonds. The molecule has 1 unspecified atom stereocenters. The molecule has 0 heterocycles. The Labute approximate surface area is 126 Å². The van der Waals surface area contributed by atoms with E-state index in [0.717, 1.165) is 0 Å². The van der Waals surface area contributed by atoms with Crippen molar-refractivity contribution >= 4 is 10.0 Å². The quantitative estimate of drug-likeness (QED) is 0.629. The van der Waals surface area contributed by atoms with Crippen molar-refractivity contribution in [2.75, 3.05) is 33.5 Å². The number of rotatable bonds is 10. The minimum absolute atomic E-state index is 0.0655. The third-order valence-corrected chi connectivity index (χ3v) is 4.22. The van der Waals surface area contributed by atoms with E-state index < -0.39 is 10.0 Å². The molecular weight excluding hydrogens is 294 g/mol. The third kappa shape index (κ3) is 6.43. The Bertz CT molecular complexity index is 501. The van der Waals surface area contributed by atoms with Gasteiger partial charge in [0.05, 0.1) is 11.5 Å². The number of ether oxygens (including phenoxy) is 2. The fourth-order valence-electron chi connectivity index (χ4n) is 1.65. The van der Waals surface area contributed by atoms with Crippen LogP contribution in [0.3, 0.4) is 0 Å². The van der Waals surface area contributed by atoms with Gasteiger partial charge in [-0.15, -0.1) is 0 Å². The molecule has 120 valence electrons. The lowest BCUT2D eigenvalue weighted by molar-refractivity contribution is 0.161. The summed E-state index contributed by atoms with van der Waals surface area (Å²) in [6.45, 7) is 3.20. The van der Waals surface area contributed by atoms with Gasteiger partial charge in [-0.05, 0) is 30.2 Å². The molecule has 0 spiro atoms. The molecule has 21 heavy (non-hydrogen) atoms. The number of hydrogen-bond donors (Lipinski definition) is 2. The number of nitrogens with one attached hydrogen (secondary N) is 1. The zero-order valence-corrected chi connectivity index (χ0v) is 13.2. The van der Waals surface area contributed by atoms with Crippen molar-refractivity contribution < 1.29 is 23.0 Å². The first kappa shape index (κ1) is 17.9. The second kappa shape index (κ2) is 8.99. The molecule has 0 aliphatic carbocycles. The van der Waals surface area contributed by atoms with Crippen LogP contribution in [0.15, 0.2) is 29.2 Å². The molecule has 0 aromatic heterocycles. The predicted octanol–water partition coefficient (Wildman–Crippen LogP) is 1.01. The summed E-state index contributed by atoms with van der Waals surface area (Å²) < 4.78 is 37.0. The van der Waals surface area contributed by atoms with Crippen molar-refractivity contribution in [3.05, 3.63) is 24.3 Å². The molecule has 2 N–H and O–H groups in total. The summed E-state index contributed by atoms with van der Waals surface area (Å²) in [6.07, 6.45) is 0.541. The zero-order chi connectivity index (χ0) is 15.7. The molecule has 0 bridgehead atoms. The molecule has 0 aliphatic rings. The van der Waals surface area contributed by atoms with Crippen molar-refractivity contribution in [1.82, 2.24) is 4.72 Å². The number of benzene rings is 1. The fraction of sp³-hybridized carbons (Fsp3) is 0.571. The van der Waals surface area contributed by atoms with E-state index >= 15 is 0 Å². The van der Waals surface area contributed by atoms with Gasteiger partial charge >= 0.3 is 0 Å². The van der Waals surface area contributed by atoms with Crippen LogP contribution >= 0.6 is 0 Å².